The van der Waals surface area contributed by atoms with Gasteiger partial charge in [0.05, 0.1) is 6.04 Å². The predicted molar refractivity (Wildman–Crippen MR) is 95.5 cm³/mol. The van der Waals surface area contributed by atoms with Crippen LogP contribution in [0.5, 0.6) is 0 Å². The van der Waals surface area contributed by atoms with Crippen LogP contribution in [0.2, 0.25) is 0 Å². The summed E-state index contributed by atoms with van der Waals surface area (Å²) in [5.74, 6) is -0.736. The quantitative estimate of drug-likeness (QED) is 0.781. The standard InChI is InChI=1S/C18H28N2O5/c1-12(2)20(16(23)25-18(6,7)8)19-10-9-14(21)13(11-19)15(22)24-17(3,4)5/h9-12H,1-8H3. The second-order valence-corrected chi connectivity index (χ2v) is 8.02. The van der Waals surface area contributed by atoms with Gasteiger partial charge in [0.1, 0.15) is 16.8 Å². The van der Waals surface area contributed by atoms with E-state index in [0.717, 1.165) is 0 Å². The summed E-state index contributed by atoms with van der Waals surface area (Å²) in [6, 6.07) is 0.961. The molecule has 0 unspecified atom stereocenters. The molecule has 0 spiro atoms. The Balaban J connectivity index is 3.26. The Labute approximate surface area is 148 Å². The first-order chi connectivity index (χ1) is 11.2. The molecule has 0 aromatic carbocycles. The number of hydrogen-bond donors (Lipinski definition) is 0. The molecule has 0 aliphatic rings. The van der Waals surface area contributed by atoms with Crippen molar-refractivity contribution in [3.05, 3.63) is 34.2 Å². The predicted octanol–water partition coefficient (Wildman–Crippen LogP) is 3.09. The van der Waals surface area contributed by atoms with Crippen molar-refractivity contribution in [2.24, 2.45) is 0 Å². The lowest BCUT2D eigenvalue weighted by Gasteiger charge is -2.31. The van der Waals surface area contributed by atoms with Crippen LogP contribution in [0, 0.1) is 0 Å². The fourth-order valence-corrected chi connectivity index (χ4v) is 1.97. The molecule has 7 nitrogen and oxygen atoms in total. The molecule has 0 aliphatic heterocycles. The highest BCUT2D eigenvalue weighted by Gasteiger charge is 2.27. The van der Waals surface area contributed by atoms with Crippen LogP contribution < -0.4 is 10.4 Å². The molecule has 0 radical (unpaired) electrons. The molecule has 0 N–H and O–H groups in total. The molecule has 0 bridgehead atoms. The molecule has 1 heterocycles. The van der Waals surface area contributed by atoms with E-state index in [1.807, 2.05) is 0 Å². The van der Waals surface area contributed by atoms with E-state index in [0.29, 0.717) is 0 Å². The highest BCUT2D eigenvalue weighted by Crippen LogP contribution is 2.13. The summed E-state index contributed by atoms with van der Waals surface area (Å²) < 4.78 is 12.0. The summed E-state index contributed by atoms with van der Waals surface area (Å²) in [5, 5.41) is 1.32. The van der Waals surface area contributed by atoms with Gasteiger partial charge in [-0.15, -0.1) is 0 Å². The molecule has 0 atom stereocenters. The van der Waals surface area contributed by atoms with Crippen molar-refractivity contribution in [2.45, 2.75) is 72.6 Å². The minimum absolute atomic E-state index is 0.147. The zero-order valence-corrected chi connectivity index (χ0v) is 16.2. The van der Waals surface area contributed by atoms with Crippen molar-refractivity contribution < 1.29 is 19.1 Å². The number of rotatable bonds is 3. The first-order valence-corrected chi connectivity index (χ1v) is 8.19. The molecular weight excluding hydrogens is 324 g/mol. The fourth-order valence-electron chi connectivity index (χ4n) is 1.97. The van der Waals surface area contributed by atoms with E-state index in [1.54, 1.807) is 55.4 Å². The second kappa shape index (κ2) is 7.29. The number of pyridine rings is 1. The van der Waals surface area contributed by atoms with Gasteiger partial charge >= 0.3 is 12.1 Å². The van der Waals surface area contributed by atoms with Crippen molar-refractivity contribution in [2.75, 3.05) is 5.01 Å². The van der Waals surface area contributed by atoms with Gasteiger partial charge in [-0.1, -0.05) is 0 Å². The Morgan fingerprint density at radius 3 is 2.00 bits per heavy atom. The van der Waals surface area contributed by atoms with Crippen molar-refractivity contribution in [1.82, 2.24) is 4.68 Å². The molecule has 25 heavy (non-hydrogen) atoms. The first-order valence-electron chi connectivity index (χ1n) is 8.19. The third-order valence-corrected chi connectivity index (χ3v) is 2.84. The third kappa shape index (κ3) is 6.25. The lowest BCUT2D eigenvalue weighted by Crippen LogP contribution is -2.48. The zero-order chi connectivity index (χ0) is 19.6. The average molecular weight is 352 g/mol. The Hall–Kier alpha value is -2.31. The molecule has 1 aromatic heterocycles. The molecule has 1 amide bonds. The molecule has 140 valence electrons. The molecule has 0 saturated heterocycles. The lowest BCUT2D eigenvalue weighted by atomic mass is 10.2. The molecule has 0 saturated carbocycles. The number of ether oxygens (including phenoxy) is 2. The number of esters is 1. The van der Waals surface area contributed by atoms with Crippen molar-refractivity contribution >= 4 is 12.1 Å². The van der Waals surface area contributed by atoms with Gasteiger partial charge in [0.15, 0.2) is 5.43 Å². The number of carbonyl (C=O) groups is 2. The Kier molecular flexibility index (Phi) is 6.05. The Morgan fingerprint density at radius 2 is 1.56 bits per heavy atom. The van der Waals surface area contributed by atoms with Crippen molar-refractivity contribution in [3.63, 3.8) is 0 Å². The van der Waals surface area contributed by atoms with Crippen LogP contribution >= 0.6 is 0 Å². The highest BCUT2D eigenvalue weighted by atomic mass is 16.6. The molecule has 1 aromatic rings. The van der Waals surface area contributed by atoms with E-state index in [1.165, 1.54) is 28.1 Å². The molecule has 1 rings (SSSR count). The Morgan fingerprint density at radius 1 is 1.04 bits per heavy atom. The SMILES string of the molecule is CC(C)N(C(=O)OC(C)(C)C)n1ccc(=O)c(C(=O)OC(C)(C)C)c1. The molecule has 7 heteroatoms. The van der Waals surface area contributed by atoms with Crippen LogP contribution in [0.4, 0.5) is 4.79 Å². The smallest absolute Gasteiger partial charge is 0.429 e. The van der Waals surface area contributed by atoms with Gasteiger partial charge in [-0.2, -0.15) is 0 Å². The third-order valence-electron chi connectivity index (χ3n) is 2.84. The number of hydrogen-bond acceptors (Lipinski definition) is 5. The maximum Gasteiger partial charge on any atom is 0.429 e. The van der Waals surface area contributed by atoms with Gasteiger partial charge in [0.2, 0.25) is 0 Å². The fraction of sp³-hybridized carbons (Fsp3) is 0.611. The van der Waals surface area contributed by atoms with E-state index in [2.05, 4.69) is 0 Å². The van der Waals surface area contributed by atoms with E-state index in [-0.39, 0.29) is 11.6 Å². The van der Waals surface area contributed by atoms with E-state index < -0.39 is 28.7 Å². The van der Waals surface area contributed by atoms with Crippen LogP contribution in [0.3, 0.4) is 0 Å². The summed E-state index contributed by atoms with van der Waals surface area (Å²) in [4.78, 5) is 36.8. The van der Waals surface area contributed by atoms with Crippen LogP contribution in [-0.2, 0) is 9.47 Å². The van der Waals surface area contributed by atoms with Crippen LogP contribution in [0.1, 0.15) is 65.7 Å². The maximum atomic E-state index is 12.5. The van der Waals surface area contributed by atoms with Gasteiger partial charge in [0, 0.05) is 18.5 Å². The number of aromatic nitrogens is 1. The summed E-state index contributed by atoms with van der Waals surface area (Å²) in [6.07, 6.45) is 2.13. The normalized spacial score (nSPS) is 12.0. The minimum Gasteiger partial charge on any atom is -0.456 e. The van der Waals surface area contributed by atoms with E-state index in [9.17, 15) is 14.4 Å². The van der Waals surface area contributed by atoms with Gasteiger partial charge in [-0.25, -0.2) is 14.6 Å². The van der Waals surface area contributed by atoms with Crippen LogP contribution in [0.15, 0.2) is 23.3 Å². The summed E-state index contributed by atoms with van der Waals surface area (Å²) >= 11 is 0. The first kappa shape index (κ1) is 20.7. The van der Waals surface area contributed by atoms with Gasteiger partial charge in [-0.3, -0.25) is 9.47 Å². The van der Waals surface area contributed by atoms with Crippen molar-refractivity contribution in [1.29, 1.82) is 0 Å². The van der Waals surface area contributed by atoms with E-state index in [4.69, 9.17) is 9.47 Å². The zero-order valence-electron chi connectivity index (χ0n) is 16.2. The lowest BCUT2D eigenvalue weighted by molar-refractivity contribution is 0.00660. The van der Waals surface area contributed by atoms with Crippen LogP contribution in [0.25, 0.3) is 0 Å². The number of amides is 1. The van der Waals surface area contributed by atoms with Gasteiger partial charge in [-0.05, 0) is 55.4 Å². The summed E-state index contributed by atoms with van der Waals surface area (Å²) in [6.45, 7) is 14.0. The van der Waals surface area contributed by atoms with Crippen LogP contribution in [-0.4, -0.2) is 34.0 Å². The topological polar surface area (TPSA) is 77.8 Å². The van der Waals surface area contributed by atoms with Crippen molar-refractivity contribution in [3.8, 4) is 0 Å². The van der Waals surface area contributed by atoms with Gasteiger partial charge < -0.3 is 9.47 Å². The Bertz CT molecular complexity index is 693. The monoisotopic (exact) mass is 352 g/mol. The summed E-state index contributed by atoms with van der Waals surface area (Å²) in [5.41, 5.74) is -2.02. The molecular formula is C18H28N2O5. The average Bonchev–Trinajstić information content (AvgIpc) is 2.36. The maximum absolute atomic E-state index is 12.5. The number of nitrogens with zero attached hydrogens (tertiary/aromatic N) is 2. The highest BCUT2D eigenvalue weighted by molar-refractivity contribution is 5.89. The number of carbonyl (C=O) groups excluding carboxylic acids is 2. The molecule has 0 aliphatic carbocycles. The second-order valence-electron chi connectivity index (χ2n) is 8.02. The van der Waals surface area contributed by atoms with Gasteiger partial charge in [0.25, 0.3) is 0 Å². The summed E-state index contributed by atoms with van der Waals surface area (Å²) in [7, 11) is 0. The molecule has 0 fully saturated rings. The minimum atomic E-state index is -0.736. The van der Waals surface area contributed by atoms with E-state index >= 15 is 0 Å². The largest absolute Gasteiger partial charge is 0.456 e.